The number of aliphatic hydroxyl groups excluding tert-OH is 1. The lowest BCUT2D eigenvalue weighted by Crippen LogP contribution is -2.31. The normalized spacial score (nSPS) is 13.7. The molecule has 104 valence electrons. The molecule has 0 atom stereocenters. The Morgan fingerprint density at radius 3 is 2.20 bits per heavy atom. The number of anilines is 2. The Kier molecular flexibility index (Phi) is 3.88. The number of rotatable bonds is 5. The summed E-state index contributed by atoms with van der Waals surface area (Å²) >= 11 is 0. The number of nitrogens with zero attached hydrogens (tertiary/aromatic N) is 2. The highest BCUT2D eigenvalue weighted by atomic mass is 16.3. The highest BCUT2D eigenvalue weighted by molar-refractivity contribution is 5.76. The molecular weight excluding hydrogens is 248 g/mol. The Labute approximate surface area is 120 Å². The van der Waals surface area contributed by atoms with Crippen molar-refractivity contribution < 1.29 is 5.11 Å². The molecule has 0 saturated heterocycles. The number of fused-ring (bicyclic) bond motifs is 1. The molecule has 3 heteroatoms. The quantitative estimate of drug-likeness (QED) is 0.903. The van der Waals surface area contributed by atoms with Crippen LogP contribution in [0.5, 0.6) is 0 Å². The van der Waals surface area contributed by atoms with Gasteiger partial charge in [-0.3, -0.25) is 0 Å². The van der Waals surface area contributed by atoms with Gasteiger partial charge in [0.2, 0.25) is 0 Å². The first kappa shape index (κ1) is 13.0. The van der Waals surface area contributed by atoms with Gasteiger partial charge in [-0.15, -0.1) is 0 Å². The summed E-state index contributed by atoms with van der Waals surface area (Å²) in [5, 5.41) is 9.04. The molecule has 0 bridgehead atoms. The molecule has 1 heterocycles. The van der Waals surface area contributed by atoms with Gasteiger partial charge < -0.3 is 14.9 Å². The van der Waals surface area contributed by atoms with E-state index < -0.39 is 0 Å². The summed E-state index contributed by atoms with van der Waals surface area (Å²) in [6.07, 6.45) is 0.813. The highest BCUT2D eigenvalue weighted by Crippen LogP contribution is 2.36. The maximum absolute atomic E-state index is 9.04. The van der Waals surface area contributed by atoms with Gasteiger partial charge in [0.1, 0.15) is 0 Å². The lowest BCUT2D eigenvalue weighted by molar-refractivity contribution is 0.289. The van der Waals surface area contributed by atoms with Crippen LogP contribution in [0.25, 0.3) is 0 Å². The number of hydrogen-bond acceptors (Lipinski definition) is 3. The Hall–Kier alpha value is -2.00. The molecule has 1 aliphatic heterocycles. The van der Waals surface area contributed by atoms with Crippen molar-refractivity contribution in [1.82, 2.24) is 0 Å². The second kappa shape index (κ2) is 5.97. The van der Waals surface area contributed by atoms with Crippen molar-refractivity contribution in [2.75, 3.05) is 29.6 Å². The summed E-state index contributed by atoms with van der Waals surface area (Å²) in [5.41, 5.74) is 3.89. The topological polar surface area (TPSA) is 26.7 Å². The Morgan fingerprint density at radius 1 is 0.850 bits per heavy atom. The predicted octanol–water partition coefficient (Wildman–Crippen LogP) is 2.85. The average Bonchev–Trinajstić information content (AvgIpc) is 2.85. The average molecular weight is 268 g/mol. The number of benzene rings is 2. The SMILES string of the molecule is OCCCN1CN(Cc2ccccc2)c2ccccc21. The van der Waals surface area contributed by atoms with E-state index in [4.69, 9.17) is 5.11 Å². The minimum absolute atomic E-state index is 0.247. The van der Waals surface area contributed by atoms with Gasteiger partial charge in [-0.2, -0.15) is 0 Å². The minimum atomic E-state index is 0.247. The van der Waals surface area contributed by atoms with Gasteiger partial charge in [-0.05, 0) is 24.1 Å². The van der Waals surface area contributed by atoms with Crippen molar-refractivity contribution in [1.29, 1.82) is 0 Å². The Morgan fingerprint density at radius 2 is 1.50 bits per heavy atom. The van der Waals surface area contributed by atoms with Crippen LogP contribution in [0.3, 0.4) is 0 Å². The van der Waals surface area contributed by atoms with Crippen LogP contribution in [0.2, 0.25) is 0 Å². The fourth-order valence-corrected chi connectivity index (χ4v) is 2.75. The molecule has 0 fully saturated rings. The van der Waals surface area contributed by atoms with Crippen LogP contribution >= 0.6 is 0 Å². The fraction of sp³-hybridized carbons (Fsp3) is 0.294. The van der Waals surface area contributed by atoms with Gasteiger partial charge >= 0.3 is 0 Å². The first-order valence-corrected chi connectivity index (χ1v) is 7.12. The van der Waals surface area contributed by atoms with E-state index >= 15 is 0 Å². The molecule has 1 N–H and O–H groups in total. The molecule has 1 aliphatic rings. The second-order valence-corrected chi connectivity index (χ2v) is 5.15. The Bertz CT molecular complexity index is 556. The smallest absolute Gasteiger partial charge is 0.0907 e. The molecule has 2 aromatic rings. The van der Waals surface area contributed by atoms with E-state index in [1.54, 1.807) is 0 Å². The zero-order valence-electron chi connectivity index (χ0n) is 11.6. The van der Waals surface area contributed by atoms with Gasteiger partial charge in [-0.25, -0.2) is 0 Å². The molecular formula is C17H20N2O. The zero-order chi connectivity index (χ0) is 13.8. The van der Waals surface area contributed by atoms with Gasteiger partial charge in [0, 0.05) is 19.7 Å². The van der Waals surface area contributed by atoms with E-state index in [2.05, 4.69) is 64.4 Å². The van der Waals surface area contributed by atoms with E-state index in [9.17, 15) is 0 Å². The van der Waals surface area contributed by atoms with E-state index in [0.717, 1.165) is 26.2 Å². The van der Waals surface area contributed by atoms with Crippen LogP contribution < -0.4 is 9.80 Å². The summed E-state index contributed by atoms with van der Waals surface area (Å²) in [7, 11) is 0. The summed E-state index contributed by atoms with van der Waals surface area (Å²) in [5.74, 6) is 0. The van der Waals surface area contributed by atoms with Crippen LogP contribution in [0.15, 0.2) is 54.6 Å². The lowest BCUT2D eigenvalue weighted by Gasteiger charge is -2.21. The molecule has 0 aliphatic carbocycles. The lowest BCUT2D eigenvalue weighted by atomic mass is 10.2. The van der Waals surface area contributed by atoms with Crippen LogP contribution in [0.4, 0.5) is 11.4 Å². The second-order valence-electron chi connectivity index (χ2n) is 5.15. The van der Waals surface area contributed by atoms with Crippen molar-refractivity contribution >= 4 is 11.4 Å². The highest BCUT2D eigenvalue weighted by Gasteiger charge is 2.24. The number of para-hydroxylation sites is 2. The van der Waals surface area contributed by atoms with Gasteiger partial charge in [-0.1, -0.05) is 42.5 Å². The monoisotopic (exact) mass is 268 g/mol. The predicted molar refractivity (Wildman–Crippen MR) is 83.0 cm³/mol. The zero-order valence-corrected chi connectivity index (χ0v) is 11.6. The maximum Gasteiger partial charge on any atom is 0.0907 e. The molecule has 2 aromatic carbocycles. The van der Waals surface area contributed by atoms with Crippen LogP contribution in [-0.4, -0.2) is 24.9 Å². The van der Waals surface area contributed by atoms with E-state index in [1.807, 2.05) is 0 Å². The van der Waals surface area contributed by atoms with E-state index in [0.29, 0.717) is 0 Å². The van der Waals surface area contributed by atoms with Gasteiger partial charge in [0.15, 0.2) is 0 Å². The fourth-order valence-electron chi connectivity index (χ4n) is 2.75. The molecule has 0 radical (unpaired) electrons. The minimum Gasteiger partial charge on any atom is -0.396 e. The van der Waals surface area contributed by atoms with E-state index in [-0.39, 0.29) is 6.61 Å². The standard InChI is InChI=1S/C17H20N2O/c20-12-6-11-18-14-19(13-15-7-2-1-3-8-15)17-10-5-4-9-16(17)18/h1-5,7-10,20H,6,11-14H2. The number of aliphatic hydroxyl groups is 1. The first-order valence-electron chi connectivity index (χ1n) is 7.12. The molecule has 0 amide bonds. The largest absolute Gasteiger partial charge is 0.396 e. The summed E-state index contributed by atoms with van der Waals surface area (Å²) in [6, 6.07) is 19.1. The van der Waals surface area contributed by atoms with Crippen molar-refractivity contribution in [3.63, 3.8) is 0 Å². The third-order valence-electron chi connectivity index (χ3n) is 3.71. The molecule has 20 heavy (non-hydrogen) atoms. The van der Waals surface area contributed by atoms with Crippen LogP contribution in [0.1, 0.15) is 12.0 Å². The molecule has 0 aromatic heterocycles. The third-order valence-corrected chi connectivity index (χ3v) is 3.71. The van der Waals surface area contributed by atoms with E-state index in [1.165, 1.54) is 16.9 Å². The number of hydrogen-bond donors (Lipinski definition) is 1. The molecule has 0 saturated carbocycles. The summed E-state index contributed by atoms with van der Waals surface area (Å²) in [4.78, 5) is 4.73. The van der Waals surface area contributed by atoms with Crippen LogP contribution in [-0.2, 0) is 6.54 Å². The Balaban J connectivity index is 1.80. The maximum atomic E-state index is 9.04. The van der Waals surface area contributed by atoms with Crippen LogP contribution in [0, 0.1) is 0 Å². The molecule has 0 unspecified atom stereocenters. The summed E-state index contributed by atoms with van der Waals surface area (Å²) < 4.78 is 0. The molecule has 0 spiro atoms. The molecule has 3 rings (SSSR count). The summed E-state index contributed by atoms with van der Waals surface area (Å²) in [6.45, 7) is 2.97. The van der Waals surface area contributed by atoms with Crippen molar-refractivity contribution in [2.24, 2.45) is 0 Å². The van der Waals surface area contributed by atoms with Gasteiger partial charge in [0.05, 0.1) is 18.0 Å². The van der Waals surface area contributed by atoms with Crippen molar-refractivity contribution in [2.45, 2.75) is 13.0 Å². The van der Waals surface area contributed by atoms with Crippen molar-refractivity contribution in [3.05, 3.63) is 60.2 Å². The van der Waals surface area contributed by atoms with Crippen molar-refractivity contribution in [3.8, 4) is 0 Å². The first-order chi connectivity index (χ1) is 9.88. The third kappa shape index (κ3) is 2.63. The van der Waals surface area contributed by atoms with Gasteiger partial charge in [0.25, 0.3) is 0 Å². The molecule has 3 nitrogen and oxygen atoms in total.